The highest BCUT2D eigenvalue weighted by atomic mass is 14.5. The molecule has 1 radical (unpaired) electrons. The molecule has 13 heavy (non-hydrogen) atoms. The predicted molar refractivity (Wildman–Crippen MR) is 61.3 cm³/mol. The molecule has 0 aromatic heterocycles. The molecule has 0 unspecified atom stereocenters. The molecule has 0 bridgehead atoms. The second-order valence-corrected chi connectivity index (χ2v) is 6.65. The summed E-state index contributed by atoms with van der Waals surface area (Å²) in [6.45, 7) is 16.7. The van der Waals surface area contributed by atoms with E-state index in [0.717, 1.165) is 5.92 Å². The molecule has 0 amide bonds. The van der Waals surface area contributed by atoms with Crippen LogP contribution in [0.15, 0.2) is 0 Å². The van der Waals surface area contributed by atoms with Gasteiger partial charge in [0, 0.05) is 0 Å². The van der Waals surface area contributed by atoms with Crippen LogP contribution in [-0.4, -0.2) is 7.28 Å². The van der Waals surface area contributed by atoms with E-state index in [2.05, 4.69) is 55.7 Å². The summed E-state index contributed by atoms with van der Waals surface area (Å²) >= 11 is 0. The van der Waals surface area contributed by atoms with Gasteiger partial charge < -0.3 is 0 Å². The van der Waals surface area contributed by atoms with Gasteiger partial charge in [-0.05, 0) is 16.7 Å². The van der Waals surface area contributed by atoms with E-state index in [0.29, 0.717) is 16.1 Å². The molecule has 0 spiro atoms. The Bertz CT molecular complexity index is 200. The second kappa shape index (κ2) is 2.78. The molecule has 0 nitrogen and oxygen atoms in total. The summed E-state index contributed by atoms with van der Waals surface area (Å²) in [6.07, 6.45) is 1.27. The van der Waals surface area contributed by atoms with Gasteiger partial charge in [-0.25, -0.2) is 0 Å². The zero-order valence-electron chi connectivity index (χ0n) is 10.4. The maximum absolute atomic E-state index is 2.55. The number of hydrogen-bond donors (Lipinski definition) is 0. The summed E-state index contributed by atoms with van der Waals surface area (Å²) in [5.74, 6) is 0.778. The average molecular weight is 179 g/mol. The molecule has 0 aromatic rings. The van der Waals surface area contributed by atoms with Crippen LogP contribution in [0.1, 0.15) is 48.5 Å². The Labute approximate surface area is 84.7 Å². The van der Waals surface area contributed by atoms with Crippen molar-refractivity contribution < 1.29 is 0 Å². The number of rotatable bonds is 0. The normalized spacial score (nSPS) is 38.8. The van der Waals surface area contributed by atoms with Gasteiger partial charge in [0.05, 0.1) is 0 Å². The average Bonchev–Trinajstić information content (AvgIpc) is 2.14. The summed E-state index contributed by atoms with van der Waals surface area (Å²) in [5, 5.41) is 0.399. The van der Waals surface area contributed by atoms with Gasteiger partial charge in [-0.15, -0.1) is 0 Å². The molecule has 1 fully saturated rings. The van der Waals surface area contributed by atoms with Crippen molar-refractivity contribution in [3.05, 3.63) is 0 Å². The zero-order chi connectivity index (χ0) is 10.5. The zero-order valence-corrected chi connectivity index (χ0v) is 10.4. The van der Waals surface area contributed by atoms with Crippen LogP contribution in [0.25, 0.3) is 0 Å². The van der Waals surface area contributed by atoms with E-state index in [9.17, 15) is 0 Å². The van der Waals surface area contributed by atoms with Gasteiger partial charge in [0.25, 0.3) is 0 Å². The third kappa shape index (κ3) is 1.55. The third-order valence-corrected chi connectivity index (χ3v) is 4.74. The molecule has 0 aliphatic carbocycles. The van der Waals surface area contributed by atoms with Crippen LogP contribution in [0.5, 0.6) is 0 Å². The van der Waals surface area contributed by atoms with Gasteiger partial charge in [-0.3, -0.25) is 0 Å². The Balaban J connectivity index is 2.97. The summed E-state index contributed by atoms with van der Waals surface area (Å²) < 4.78 is 0. The standard InChI is InChI=1S/C12H24B/c1-9-11(5,6)8-13-12(9,7)10(2,3)4/h9H,8H2,1-7H3/t9-,12-/m0/s1. The van der Waals surface area contributed by atoms with E-state index < -0.39 is 0 Å². The summed E-state index contributed by atoms with van der Waals surface area (Å²) in [6, 6.07) is 0. The van der Waals surface area contributed by atoms with Crippen LogP contribution < -0.4 is 0 Å². The molecule has 1 aliphatic rings. The van der Waals surface area contributed by atoms with Crippen molar-refractivity contribution in [1.82, 2.24) is 0 Å². The van der Waals surface area contributed by atoms with Crippen molar-refractivity contribution in [1.29, 1.82) is 0 Å². The SMILES string of the molecule is C[C@H]1C(C)(C)C[B][C@]1(C)C(C)(C)C. The highest BCUT2D eigenvalue weighted by Crippen LogP contribution is 2.62. The lowest BCUT2D eigenvalue weighted by Gasteiger charge is -2.45. The van der Waals surface area contributed by atoms with Crippen LogP contribution in [0, 0.1) is 16.7 Å². The molecule has 0 N–H and O–H groups in total. The Morgan fingerprint density at radius 1 is 1.15 bits per heavy atom. The van der Waals surface area contributed by atoms with Crippen molar-refractivity contribution in [2.24, 2.45) is 16.7 Å². The minimum atomic E-state index is 0.389. The highest BCUT2D eigenvalue weighted by Gasteiger charge is 2.52. The first-order valence-electron chi connectivity index (χ1n) is 5.46. The van der Waals surface area contributed by atoms with E-state index in [1.165, 1.54) is 6.32 Å². The minimum absolute atomic E-state index is 0.389. The smallest absolute Gasteiger partial charge is 0.0743 e. The van der Waals surface area contributed by atoms with E-state index in [-0.39, 0.29) is 0 Å². The topological polar surface area (TPSA) is 0 Å². The molecular formula is C12H24B. The Morgan fingerprint density at radius 3 is 1.77 bits per heavy atom. The molecule has 0 aromatic carbocycles. The highest BCUT2D eigenvalue weighted by molar-refractivity contribution is 6.42. The Morgan fingerprint density at radius 2 is 1.62 bits per heavy atom. The predicted octanol–water partition coefficient (Wildman–Crippen LogP) is 4.01. The van der Waals surface area contributed by atoms with Crippen molar-refractivity contribution in [2.45, 2.75) is 60.1 Å². The molecular weight excluding hydrogens is 155 g/mol. The maximum Gasteiger partial charge on any atom is 0.119 e. The summed E-state index contributed by atoms with van der Waals surface area (Å²) in [4.78, 5) is 0. The van der Waals surface area contributed by atoms with Crippen LogP contribution in [0.2, 0.25) is 11.6 Å². The van der Waals surface area contributed by atoms with Crippen LogP contribution in [0.4, 0.5) is 0 Å². The molecule has 1 heterocycles. The van der Waals surface area contributed by atoms with Gasteiger partial charge >= 0.3 is 0 Å². The van der Waals surface area contributed by atoms with Crippen LogP contribution in [-0.2, 0) is 0 Å². The van der Waals surface area contributed by atoms with Crippen molar-refractivity contribution in [3.63, 3.8) is 0 Å². The first kappa shape index (κ1) is 11.1. The molecule has 1 rings (SSSR count). The molecule has 1 aliphatic heterocycles. The van der Waals surface area contributed by atoms with E-state index in [1.54, 1.807) is 0 Å². The van der Waals surface area contributed by atoms with Crippen molar-refractivity contribution in [3.8, 4) is 0 Å². The van der Waals surface area contributed by atoms with E-state index >= 15 is 0 Å². The third-order valence-electron chi connectivity index (χ3n) is 4.74. The molecule has 1 heteroatoms. The fraction of sp³-hybridized carbons (Fsp3) is 1.00. The van der Waals surface area contributed by atoms with Crippen molar-refractivity contribution in [2.75, 3.05) is 0 Å². The van der Waals surface area contributed by atoms with E-state index in [4.69, 9.17) is 0 Å². The lowest BCUT2D eigenvalue weighted by Crippen LogP contribution is -2.34. The lowest BCUT2D eigenvalue weighted by molar-refractivity contribution is 0.141. The van der Waals surface area contributed by atoms with Gasteiger partial charge in [-0.2, -0.15) is 0 Å². The lowest BCUT2D eigenvalue weighted by atomic mass is 9.44. The monoisotopic (exact) mass is 179 g/mol. The van der Waals surface area contributed by atoms with Gasteiger partial charge in [0.2, 0.25) is 0 Å². The van der Waals surface area contributed by atoms with Crippen molar-refractivity contribution >= 4 is 7.28 Å². The molecule has 75 valence electrons. The van der Waals surface area contributed by atoms with Gasteiger partial charge in [-0.1, -0.05) is 60.1 Å². The fourth-order valence-corrected chi connectivity index (χ4v) is 2.60. The Hall–Kier alpha value is 0.0649. The fourth-order valence-electron chi connectivity index (χ4n) is 2.60. The molecule has 2 atom stereocenters. The summed E-state index contributed by atoms with van der Waals surface area (Å²) in [7, 11) is 2.55. The van der Waals surface area contributed by atoms with Gasteiger partial charge in [0.1, 0.15) is 7.28 Å². The first-order chi connectivity index (χ1) is 5.61. The van der Waals surface area contributed by atoms with Gasteiger partial charge in [0.15, 0.2) is 0 Å². The van der Waals surface area contributed by atoms with Crippen LogP contribution >= 0.6 is 0 Å². The summed E-state index contributed by atoms with van der Waals surface area (Å²) in [5.41, 5.74) is 0.877. The number of hydrogen-bond acceptors (Lipinski definition) is 0. The minimum Gasteiger partial charge on any atom is -0.0743 e. The second-order valence-electron chi connectivity index (χ2n) is 6.65. The van der Waals surface area contributed by atoms with E-state index in [1.807, 2.05) is 0 Å². The van der Waals surface area contributed by atoms with Crippen LogP contribution in [0.3, 0.4) is 0 Å². The molecule has 1 saturated heterocycles. The largest absolute Gasteiger partial charge is 0.119 e. The maximum atomic E-state index is 2.55. The first-order valence-corrected chi connectivity index (χ1v) is 5.46. The Kier molecular flexibility index (Phi) is 2.38. The molecule has 0 saturated carbocycles. The quantitative estimate of drug-likeness (QED) is 0.493.